The molecule has 1 fully saturated rings. The Hall–Kier alpha value is -0.980. The molecule has 112 valence electrons. The fourth-order valence-corrected chi connectivity index (χ4v) is 2.64. The second-order valence-corrected chi connectivity index (χ2v) is 5.28. The van der Waals surface area contributed by atoms with E-state index in [9.17, 15) is 18.0 Å². The highest BCUT2D eigenvalue weighted by molar-refractivity contribution is 5.65. The number of hydrogen-bond donors (Lipinski definition) is 2. The Kier molecular flexibility index (Phi) is 5.90. The van der Waals surface area contributed by atoms with Crippen LogP contribution in [0.5, 0.6) is 0 Å². The van der Waals surface area contributed by atoms with Crippen LogP contribution in [-0.2, 0) is 0 Å². The minimum atomic E-state index is -4.52. The van der Waals surface area contributed by atoms with E-state index in [4.69, 9.17) is 10.8 Å². The van der Waals surface area contributed by atoms with Crippen LogP contribution in [0, 0.1) is 5.92 Å². The molecule has 0 saturated heterocycles. The lowest BCUT2D eigenvalue weighted by atomic mass is 9.85. The van der Waals surface area contributed by atoms with E-state index in [1.807, 2.05) is 0 Å². The molecule has 0 unspecified atom stereocenters. The summed E-state index contributed by atoms with van der Waals surface area (Å²) in [5, 5.41) is 8.76. The van der Waals surface area contributed by atoms with Gasteiger partial charge in [0.1, 0.15) is 6.54 Å². The third kappa shape index (κ3) is 6.66. The summed E-state index contributed by atoms with van der Waals surface area (Å²) < 4.78 is 36.7. The number of hydrogen-bond acceptors (Lipinski definition) is 2. The first-order valence-corrected chi connectivity index (χ1v) is 6.58. The standard InChI is InChI=1S/C12H21F3N2O2/c13-12(14,15)8-17(11(18)19)7-10(16)6-9-4-2-1-3-5-9/h9-10H,1-8,16H2,(H,18,19)/t10-/m1/s1. The minimum absolute atomic E-state index is 0.259. The maximum absolute atomic E-state index is 12.2. The normalized spacial score (nSPS) is 19.2. The van der Waals surface area contributed by atoms with Gasteiger partial charge in [-0.05, 0) is 12.3 Å². The molecule has 19 heavy (non-hydrogen) atoms. The predicted molar refractivity (Wildman–Crippen MR) is 64.8 cm³/mol. The van der Waals surface area contributed by atoms with Gasteiger partial charge in [-0.15, -0.1) is 0 Å². The second kappa shape index (κ2) is 6.98. The third-order valence-corrected chi connectivity index (χ3v) is 3.46. The molecule has 0 spiro atoms. The molecule has 0 aromatic rings. The number of halogens is 3. The zero-order chi connectivity index (χ0) is 14.5. The van der Waals surface area contributed by atoms with Crippen molar-refractivity contribution in [1.82, 2.24) is 4.90 Å². The Bertz CT molecular complexity index is 291. The SMILES string of the molecule is N[C@H](CC1CCCCC1)CN(CC(F)(F)F)C(=O)O. The molecule has 4 nitrogen and oxygen atoms in total. The second-order valence-electron chi connectivity index (χ2n) is 5.28. The smallest absolute Gasteiger partial charge is 0.407 e. The van der Waals surface area contributed by atoms with Gasteiger partial charge in [0.15, 0.2) is 0 Å². The number of nitrogens with zero attached hydrogens (tertiary/aromatic N) is 1. The van der Waals surface area contributed by atoms with Gasteiger partial charge in [-0.25, -0.2) is 4.79 Å². The number of alkyl halides is 3. The molecule has 1 atom stereocenters. The van der Waals surface area contributed by atoms with Crippen LogP contribution in [0.3, 0.4) is 0 Å². The number of carboxylic acid groups (broad SMARTS) is 1. The van der Waals surface area contributed by atoms with E-state index in [1.165, 1.54) is 6.42 Å². The van der Waals surface area contributed by atoms with Crippen LogP contribution in [-0.4, -0.2) is 41.4 Å². The Labute approximate surface area is 110 Å². The molecule has 0 aromatic carbocycles. The van der Waals surface area contributed by atoms with Crippen LogP contribution in [0.25, 0.3) is 0 Å². The average molecular weight is 282 g/mol. The first kappa shape index (κ1) is 16.1. The zero-order valence-corrected chi connectivity index (χ0v) is 10.8. The first-order valence-electron chi connectivity index (χ1n) is 6.58. The zero-order valence-electron chi connectivity index (χ0n) is 10.8. The van der Waals surface area contributed by atoms with Crippen LogP contribution < -0.4 is 5.73 Å². The summed E-state index contributed by atoms with van der Waals surface area (Å²) in [5.41, 5.74) is 5.79. The molecule has 3 N–H and O–H groups in total. The molecule has 1 aliphatic rings. The quantitative estimate of drug-likeness (QED) is 0.814. The maximum Gasteiger partial charge on any atom is 0.407 e. The summed E-state index contributed by atoms with van der Waals surface area (Å²) in [6, 6.07) is -0.526. The number of nitrogens with two attached hydrogens (primary N) is 1. The summed E-state index contributed by atoms with van der Waals surface area (Å²) in [4.78, 5) is 11.1. The van der Waals surface area contributed by atoms with Gasteiger partial charge in [0, 0.05) is 12.6 Å². The summed E-state index contributed by atoms with van der Waals surface area (Å²) in [5.74, 6) is 0.422. The van der Waals surface area contributed by atoms with Crippen molar-refractivity contribution in [2.75, 3.05) is 13.1 Å². The van der Waals surface area contributed by atoms with Crippen LogP contribution in [0.1, 0.15) is 38.5 Å². The van der Waals surface area contributed by atoms with Crippen molar-refractivity contribution in [3.05, 3.63) is 0 Å². The van der Waals surface area contributed by atoms with Gasteiger partial charge in [-0.3, -0.25) is 4.90 Å². The molecule has 7 heteroatoms. The highest BCUT2D eigenvalue weighted by Crippen LogP contribution is 2.27. The van der Waals surface area contributed by atoms with E-state index in [-0.39, 0.29) is 6.54 Å². The molecular formula is C12H21F3N2O2. The van der Waals surface area contributed by atoms with Crippen LogP contribution in [0.4, 0.5) is 18.0 Å². The molecule has 0 radical (unpaired) electrons. The fourth-order valence-electron chi connectivity index (χ4n) is 2.64. The highest BCUT2D eigenvalue weighted by Gasteiger charge is 2.33. The summed E-state index contributed by atoms with van der Waals surface area (Å²) in [6.45, 7) is -1.72. The Morgan fingerprint density at radius 1 is 1.32 bits per heavy atom. The molecule has 1 amide bonds. The molecule has 0 bridgehead atoms. The first-order chi connectivity index (χ1) is 8.78. The van der Waals surface area contributed by atoms with Crippen molar-refractivity contribution in [3.63, 3.8) is 0 Å². The lowest BCUT2D eigenvalue weighted by molar-refractivity contribution is -0.142. The largest absolute Gasteiger partial charge is 0.465 e. The topological polar surface area (TPSA) is 66.6 Å². The Balaban J connectivity index is 2.42. The average Bonchev–Trinajstić information content (AvgIpc) is 2.27. The molecule has 0 heterocycles. The van der Waals surface area contributed by atoms with Gasteiger partial charge < -0.3 is 10.8 Å². The lowest BCUT2D eigenvalue weighted by Crippen LogP contribution is -2.45. The van der Waals surface area contributed by atoms with Crippen LogP contribution in [0.15, 0.2) is 0 Å². The Morgan fingerprint density at radius 2 is 1.89 bits per heavy atom. The maximum atomic E-state index is 12.2. The van der Waals surface area contributed by atoms with Crippen molar-refractivity contribution in [2.24, 2.45) is 11.7 Å². The molecule has 1 rings (SSSR count). The molecular weight excluding hydrogens is 261 g/mol. The van der Waals surface area contributed by atoms with Gasteiger partial charge in [0.2, 0.25) is 0 Å². The van der Waals surface area contributed by atoms with Gasteiger partial charge in [0.05, 0.1) is 0 Å². The van der Waals surface area contributed by atoms with E-state index >= 15 is 0 Å². The van der Waals surface area contributed by atoms with E-state index in [0.717, 1.165) is 25.7 Å². The molecule has 0 aromatic heterocycles. The molecule has 1 saturated carbocycles. The Morgan fingerprint density at radius 3 is 2.37 bits per heavy atom. The fraction of sp³-hybridized carbons (Fsp3) is 0.917. The predicted octanol–water partition coefficient (Wildman–Crippen LogP) is 2.83. The van der Waals surface area contributed by atoms with Crippen molar-refractivity contribution in [1.29, 1.82) is 0 Å². The number of amides is 1. The van der Waals surface area contributed by atoms with Gasteiger partial charge in [-0.2, -0.15) is 13.2 Å². The molecule has 0 aliphatic heterocycles. The summed E-state index contributed by atoms with van der Waals surface area (Å²) >= 11 is 0. The van der Waals surface area contributed by atoms with Gasteiger partial charge >= 0.3 is 12.3 Å². The molecule has 1 aliphatic carbocycles. The van der Waals surface area contributed by atoms with E-state index < -0.39 is 24.9 Å². The van der Waals surface area contributed by atoms with Gasteiger partial charge in [-0.1, -0.05) is 32.1 Å². The minimum Gasteiger partial charge on any atom is -0.465 e. The van der Waals surface area contributed by atoms with Crippen molar-refractivity contribution in [2.45, 2.75) is 50.7 Å². The van der Waals surface area contributed by atoms with Crippen LogP contribution >= 0.6 is 0 Å². The number of rotatable bonds is 5. The highest BCUT2D eigenvalue weighted by atomic mass is 19.4. The van der Waals surface area contributed by atoms with E-state index in [1.54, 1.807) is 0 Å². The van der Waals surface area contributed by atoms with Crippen LogP contribution in [0.2, 0.25) is 0 Å². The van der Waals surface area contributed by atoms with Gasteiger partial charge in [0.25, 0.3) is 0 Å². The monoisotopic (exact) mass is 282 g/mol. The lowest BCUT2D eigenvalue weighted by Gasteiger charge is -2.28. The summed E-state index contributed by atoms with van der Waals surface area (Å²) in [7, 11) is 0. The van der Waals surface area contributed by atoms with Crippen molar-refractivity contribution < 1.29 is 23.1 Å². The van der Waals surface area contributed by atoms with Crippen molar-refractivity contribution in [3.8, 4) is 0 Å². The van der Waals surface area contributed by atoms with Crippen molar-refractivity contribution >= 4 is 6.09 Å². The van der Waals surface area contributed by atoms with E-state index in [2.05, 4.69) is 0 Å². The van der Waals surface area contributed by atoms with E-state index in [0.29, 0.717) is 17.2 Å². The third-order valence-electron chi connectivity index (χ3n) is 3.46. The number of carbonyl (C=O) groups is 1. The summed E-state index contributed by atoms with van der Waals surface area (Å²) in [6.07, 6.45) is 0.0353.